The Morgan fingerprint density at radius 3 is 2.14 bits per heavy atom. The number of sulfone groups is 1. The van der Waals surface area contributed by atoms with Crippen LogP contribution in [-0.4, -0.2) is 26.2 Å². The van der Waals surface area contributed by atoms with Crippen LogP contribution in [-0.2, 0) is 14.6 Å². The molecule has 22 heavy (non-hydrogen) atoms. The summed E-state index contributed by atoms with van der Waals surface area (Å²) in [5, 5.41) is -0.613. The Balaban J connectivity index is 1.91. The molecule has 2 aromatic carbocycles. The molecule has 0 N–H and O–H groups in total. The van der Waals surface area contributed by atoms with Crippen LogP contribution in [0.4, 0.5) is 0 Å². The molecular formula is C17H18O4S. The molecule has 5 heteroatoms. The van der Waals surface area contributed by atoms with Gasteiger partial charge in [0, 0.05) is 0 Å². The van der Waals surface area contributed by atoms with Crippen molar-refractivity contribution in [3.8, 4) is 0 Å². The molecule has 1 atom stereocenters. The smallest absolute Gasteiger partial charge is 0.338 e. The van der Waals surface area contributed by atoms with Crippen molar-refractivity contribution in [2.75, 3.05) is 6.61 Å². The number of carbonyl (C=O) groups excluding carboxylic acids is 1. The third-order valence-electron chi connectivity index (χ3n) is 3.37. The maximum Gasteiger partial charge on any atom is 0.338 e. The van der Waals surface area contributed by atoms with Crippen LogP contribution in [0.5, 0.6) is 0 Å². The zero-order valence-corrected chi connectivity index (χ0v) is 13.1. The molecule has 2 aromatic rings. The van der Waals surface area contributed by atoms with E-state index in [1.54, 1.807) is 61.5 Å². The van der Waals surface area contributed by atoms with Crippen LogP contribution in [0.3, 0.4) is 0 Å². The normalized spacial score (nSPS) is 12.6. The lowest BCUT2D eigenvalue weighted by atomic mass is 10.2. The highest BCUT2D eigenvalue weighted by atomic mass is 32.2. The third kappa shape index (κ3) is 3.95. The van der Waals surface area contributed by atoms with Crippen LogP contribution >= 0.6 is 0 Å². The number of ether oxygens (including phenoxy) is 1. The van der Waals surface area contributed by atoms with Gasteiger partial charge in [0.15, 0.2) is 9.84 Å². The molecule has 116 valence electrons. The maximum absolute atomic E-state index is 12.3. The topological polar surface area (TPSA) is 60.4 Å². The maximum atomic E-state index is 12.3. The van der Waals surface area contributed by atoms with Gasteiger partial charge in [0.25, 0.3) is 0 Å². The number of rotatable bonds is 6. The van der Waals surface area contributed by atoms with E-state index in [-0.39, 0.29) is 17.9 Å². The van der Waals surface area contributed by atoms with Crippen molar-refractivity contribution < 1.29 is 17.9 Å². The summed E-state index contributed by atoms with van der Waals surface area (Å²) < 4.78 is 29.8. The first kappa shape index (κ1) is 16.2. The van der Waals surface area contributed by atoms with Gasteiger partial charge in [0.1, 0.15) is 0 Å². The molecule has 0 saturated heterocycles. The van der Waals surface area contributed by atoms with E-state index >= 15 is 0 Å². The largest absolute Gasteiger partial charge is 0.462 e. The number of benzene rings is 2. The molecule has 0 amide bonds. The van der Waals surface area contributed by atoms with Crippen molar-refractivity contribution >= 4 is 15.8 Å². The Hall–Kier alpha value is -2.14. The van der Waals surface area contributed by atoms with E-state index in [1.165, 1.54) is 0 Å². The highest BCUT2D eigenvalue weighted by Gasteiger charge is 2.23. The minimum Gasteiger partial charge on any atom is -0.462 e. The van der Waals surface area contributed by atoms with Gasteiger partial charge in [0.2, 0.25) is 0 Å². The van der Waals surface area contributed by atoms with Gasteiger partial charge in [-0.2, -0.15) is 0 Å². The Morgan fingerprint density at radius 2 is 1.55 bits per heavy atom. The predicted octanol–water partition coefficient (Wildman–Crippen LogP) is 3.10. The average Bonchev–Trinajstić information content (AvgIpc) is 2.56. The summed E-state index contributed by atoms with van der Waals surface area (Å²) in [6.07, 6.45) is 0.260. The molecule has 0 aliphatic heterocycles. The standard InChI is InChI=1S/C17H18O4S/c1-14(22(19,20)16-10-6-3-7-11-16)12-13-21-17(18)15-8-4-2-5-9-15/h2-11,14H,12-13H2,1H3. The molecule has 0 bridgehead atoms. The van der Waals surface area contributed by atoms with Crippen LogP contribution in [0, 0.1) is 0 Å². The monoisotopic (exact) mass is 318 g/mol. The van der Waals surface area contributed by atoms with Gasteiger partial charge >= 0.3 is 5.97 Å². The summed E-state index contributed by atoms with van der Waals surface area (Å²) in [4.78, 5) is 12.1. The second-order valence-electron chi connectivity index (χ2n) is 4.96. The van der Waals surface area contributed by atoms with Gasteiger partial charge < -0.3 is 4.74 Å². The predicted molar refractivity (Wildman–Crippen MR) is 84.4 cm³/mol. The van der Waals surface area contributed by atoms with Gasteiger partial charge in [-0.15, -0.1) is 0 Å². The van der Waals surface area contributed by atoms with E-state index in [9.17, 15) is 13.2 Å². The van der Waals surface area contributed by atoms with Crippen LogP contribution in [0.1, 0.15) is 23.7 Å². The fourth-order valence-corrected chi connectivity index (χ4v) is 3.38. The van der Waals surface area contributed by atoms with E-state index in [4.69, 9.17) is 4.74 Å². The van der Waals surface area contributed by atoms with Crippen molar-refractivity contribution in [2.24, 2.45) is 0 Å². The van der Waals surface area contributed by atoms with Crippen LogP contribution < -0.4 is 0 Å². The molecular weight excluding hydrogens is 300 g/mol. The van der Waals surface area contributed by atoms with E-state index < -0.39 is 21.1 Å². The van der Waals surface area contributed by atoms with Crippen molar-refractivity contribution in [3.05, 3.63) is 66.2 Å². The first-order valence-corrected chi connectivity index (χ1v) is 8.57. The summed E-state index contributed by atoms with van der Waals surface area (Å²) in [6, 6.07) is 16.9. The molecule has 0 aliphatic rings. The summed E-state index contributed by atoms with van der Waals surface area (Å²) in [5.74, 6) is -0.440. The van der Waals surface area contributed by atoms with Gasteiger partial charge in [-0.05, 0) is 37.6 Å². The zero-order valence-electron chi connectivity index (χ0n) is 12.3. The molecule has 0 aliphatic carbocycles. The molecule has 0 aromatic heterocycles. The van der Waals surface area contributed by atoms with Crippen LogP contribution in [0.15, 0.2) is 65.6 Å². The van der Waals surface area contributed by atoms with Crippen molar-refractivity contribution in [3.63, 3.8) is 0 Å². The SMILES string of the molecule is CC(CCOC(=O)c1ccccc1)S(=O)(=O)c1ccccc1. The summed E-state index contributed by atoms with van der Waals surface area (Å²) in [5.41, 5.74) is 0.459. The third-order valence-corrected chi connectivity index (χ3v) is 5.59. The van der Waals surface area contributed by atoms with E-state index in [2.05, 4.69) is 0 Å². The fraction of sp³-hybridized carbons (Fsp3) is 0.235. The van der Waals surface area contributed by atoms with Crippen molar-refractivity contribution in [1.29, 1.82) is 0 Å². The second kappa shape index (κ2) is 7.22. The van der Waals surface area contributed by atoms with Crippen LogP contribution in [0.25, 0.3) is 0 Å². The lowest BCUT2D eigenvalue weighted by molar-refractivity contribution is 0.0500. The number of esters is 1. The summed E-state index contributed by atoms with van der Waals surface area (Å²) in [7, 11) is -3.39. The fourth-order valence-electron chi connectivity index (χ4n) is 1.97. The molecule has 0 saturated carbocycles. The molecule has 4 nitrogen and oxygen atoms in total. The second-order valence-corrected chi connectivity index (χ2v) is 7.33. The lowest BCUT2D eigenvalue weighted by Gasteiger charge is -2.13. The molecule has 2 rings (SSSR count). The number of hydrogen-bond donors (Lipinski definition) is 0. The highest BCUT2D eigenvalue weighted by Crippen LogP contribution is 2.17. The van der Waals surface area contributed by atoms with E-state index in [0.717, 1.165) is 0 Å². The minimum atomic E-state index is -3.39. The molecule has 1 unspecified atom stereocenters. The Bertz CT molecular complexity index is 709. The van der Waals surface area contributed by atoms with Crippen LogP contribution in [0.2, 0.25) is 0 Å². The Labute approximate surface area is 130 Å². The van der Waals surface area contributed by atoms with Crippen molar-refractivity contribution in [1.82, 2.24) is 0 Å². The zero-order chi connectivity index (χ0) is 16.0. The van der Waals surface area contributed by atoms with Gasteiger partial charge in [-0.1, -0.05) is 36.4 Å². The first-order chi connectivity index (χ1) is 10.5. The van der Waals surface area contributed by atoms with E-state index in [1.807, 2.05) is 6.07 Å². The first-order valence-electron chi connectivity index (χ1n) is 7.03. The van der Waals surface area contributed by atoms with Gasteiger partial charge in [0.05, 0.1) is 22.3 Å². The molecule has 0 radical (unpaired) electrons. The molecule has 0 fully saturated rings. The highest BCUT2D eigenvalue weighted by molar-refractivity contribution is 7.92. The quantitative estimate of drug-likeness (QED) is 0.768. The van der Waals surface area contributed by atoms with Crippen molar-refractivity contribution in [2.45, 2.75) is 23.5 Å². The molecule has 0 heterocycles. The number of hydrogen-bond acceptors (Lipinski definition) is 4. The van der Waals surface area contributed by atoms with Gasteiger partial charge in [-0.3, -0.25) is 0 Å². The Kier molecular flexibility index (Phi) is 5.33. The summed E-state index contributed by atoms with van der Waals surface area (Å²) >= 11 is 0. The summed E-state index contributed by atoms with van der Waals surface area (Å²) in [6.45, 7) is 1.69. The average molecular weight is 318 g/mol. The lowest BCUT2D eigenvalue weighted by Crippen LogP contribution is -2.21. The minimum absolute atomic E-state index is 0.0704. The van der Waals surface area contributed by atoms with E-state index in [0.29, 0.717) is 5.56 Å². The van der Waals surface area contributed by atoms with Gasteiger partial charge in [-0.25, -0.2) is 13.2 Å². The Morgan fingerprint density at radius 1 is 1.00 bits per heavy atom. The number of carbonyl (C=O) groups is 1. The molecule has 0 spiro atoms.